The van der Waals surface area contributed by atoms with Gasteiger partial charge in [0.2, 0.25) is 5.91 Å². The Balaban J connectivity index is 1.51. The number of methoxy groups -OCH3 is 1. The van der Waals surface area contributed by atoms with E-state index in [2.05, 4.69) is 19.7 Å². The van der Waals surface area contributed by atoms with Crippen LogP contribution < -0.4 is 0 Å². The Labute approximate surface area is 147 Å². The monoisotopic (exact) mass is 341 g/mol. The molecule has 4 rings (SSSR count). The van der Waals surface area contributed by atoms with Crippen LogP contribution in [0.15, 0.2) is 30.3 Å². The smallest absolute Gasteiger partial charge is 0.240 e. The molecular weight excluding hydrogens is 318 g/mol. The molecule has 1 aromatic heterocycles. The fourth-order valence-electron chi connectivity index (χ4n) is 3.77. The highest BCUT2D eigenvalue weighted by molar-refractivity contribution is 5.82. The van der Waals surface area contributed by atoms with Crippen LogP contribution >= 0.6 is 0 Å². The van der Waals surface area contributed by atoms with Crippen molar-refractivity contribution in [1.29, 1.82) is 0 Å². The van der Waals surface area contributed by atoms with Crippen molar-refractivity contribution in [2.24, 2.45) is 0 Å². The SMILES string of the molecule is CO[C@H]1C[C@@H](C(=O)N2CCn3c(nnc3-c3ccccc3)C2)N(C)C1. The van der Waals surface area contributed by atoms with E-state index in [1.807, 2.05) is 42.3 Å². The molecule has 0 unspecified atom stereocenters. The molecule has 0 radical (unpaired) electrons. The van der Waals surface area contributed by atoms with Gasteiger partial charge in [0, 0.05) is 32.3 Å². The summed E-state index contributed by atoms with van der Waals surface area (Å²) in [5.74, 6) is 1.89. The second kappa shape index (κ2) is 6.57. The number of likely N-dealkylation sites (tertiary alicyclic amines) is 1. The van der Waals surface area contributed by atoms with Gasteiger partial charge in [0.05, 0.1) is 18.7 Å². The average molecular weight is 341 g/mol. The van der Waals surface area contributed by atoms with E-state index in [0.717, 1.165) is 36.7 Å². The van der Waals surface area contributed by atoms with Crippen LogP contribution in [0.1, 0.15) is 12.2 Å². The number of carbonyl (C=O) groups excluding carboxylic acids is 1. The number of hydrogen-bond acceptors (Lipinski definition) is 5. The largest absolute Gasteiger partial charge is 0.380 e. The minimum Gasteiger partial charge on any atom is -0.380 e. The van der Waals surface area contributed by atoms with Gasteiger partial charge in [0.25, 0.3) is 0 Å². The van der Waals surface area contributed by atoms with Crippen LogP contribution in [0.3, 0.4) is 0 Å². The lowest BCUT2D eigenvalue weighted by atomic mass is 10.1. The van der Waals surface area contributed by atoms with Crippen molar-refractivity contribution in [3.8, 4) is 11.4 Å². The van der Waals surface area contributed by atoms with Gasteiger partial charge in [-0.15, -0.1) is 10.2 Å². The van der Waals surface area contributed by atoms with Gasteiger partial charge in [0.1, 0.15) is 0 Å². The van der Waals surface area contributed by atoms with Crippen molar-refractivity contribution in [2.45, 2.75) is 31.7 Å². The summed E-state index contributed by atoms with van der Waals surface area (Å²) < 4.78 is 7.54. The van der Waals surface area contributed by atoms with Crippen LogP contribution in [-0.4, -0.2) is 69.9 Å². The first-order valence-corrected chi connectivity index (χ1v) is 8.66. The van der Waals surface area contributed by atoms with Crippen LogP contribution in [0.5, 0.6) is 0 Å². The summed E-state index contributed by atoms with van der Waals surface area (Å²) >= 11 is 0. The van der Waals surface area contributed by atoms with Gasteiger partial charge in [-0.25, -0.2) is 0 Å². The molecule has 1 amide bonds. The molecule has 2 atom stereocenters. The maximum atomic E-state index is 12.9. The zero-order valence-electron chi connectivity index (χ0n) is 14.6. The fraction of sp³-hybridized carbons (Fsp3) is 0.500. The minimum absolute atomic E-state index is 0.104. The average Bonchev–Trinajstić information content (AvgIpc) is 3.24. The van der Waals surface area contributed by atoms with E-state index < -0.39 is 0 Å². The number of ether oxygens (including phenoxy) is 1. The lowest BCUT2D eigenvalue weighted by molar-refractivity contribution is -0.137. The predicted octanol–water partition coefficient (Wildman–Crippen LogP) is 1.01. The molecule has 0 spiro atoms. The molecule has 25 heavy (non-hydrogen) atoms. The molecule has 2 aromatic rings. The van der Waals surface area contributed by atoms with Crippen LogP contribution in [-0.2, 0) is 22.6 Å². The molecule has 1 aromatic carbocycles. The number of rotatable bonds is 3. The Morgan fingerprint density at radius 1 is 1.20 bits per heavy atom. The Bertz CT molecular complexity index is 760. The topological polar surface area (TPSA) is 63.5 Å². The van der Waals surface area contributed by atoms with Crippen molar-refractivity contribution in [3.63, 3.8) is 0 Å². The molecule has 1 fully saturated rings. The Kier molecular flexibility index (Phi) is 4.27. The first kappa shape index (κ1) is 16.2. The zero-order valence-corrected chi connectivity index (χ0v) is 14.6. The Hall–Kier alpha value is -2.25. The van der Waals surface area contributed by atoms with Crippen molar-refractivity contribution < 1.29 is 9.53 Å². The molecule has 2 aliphatic rings. The number of hydrogen-bond donors (Lipinski definition) is 0. The zero-order chi connectivity index (χ0) is 17.4. The quantitative estimate of drug-likeness (QED) is 0.834. The summed E-state index contributed by atoms with van der Waals surface area (Å²) in [5, 5.41) is 8.67. The van der Waals surface area contributed by atoms with Crippen molar-refractivity contribution >= 4 is 5.91 Å². The van der Waals surface area contributed by atoms with Crippen LogP contribution in [0.2, 0.25) is 0 Å². The van der Waals surface area contributed by atoms with Gasteiger partial charge in [0.15, 0.2) is 11.6 Å². The maximum absolute atomic E-state index is 12.9. The highest BCUT2D eigenvalue weighted by Crippen LogP contribution is 2.24. The van der Waals surface area contributed by atoms with Gasteiger partial charge in [-0.3, -0.25) is 9.69 Å². The van der Waals surface area contributed by atoms with Crippen LogP contribution in [0.25, 0.3) is 11.4 Å². The summed E-state index contributed by atoms with van der Waals surface area (Å²) in [4.78, 5) is 16.9. The fourth-order valence-corrected chi connectivity index (χ4v) is 3.77. The maximum Gasteiger partial charge on any atom is 0.240 e. The number of likely N-dealkylation sites (N-methyl/N-ethyl adjacent to an activating group) is 1. The van der Waals surface area contributed by atoms with E-state index in [-0.39, 0.29) is 18.1 Å². The van der Waals surface area contributed by atoms with Crippen molar-refractivity contribution in [1.82, 2.24) is 24.6 Å². The number of amides is 1. The lowest BCUT2D eigenvalue weighted by Crippen LogP contribution is -2.47. The molecule has 132 valence electrons. The van der Waals surface area contributed by atoms with Crippen molar-refractivity contribution in [2.75, 3.05) is 27.2 Å². The van der Waals surface area contributed by atoms with E-state index in [9.17, 15) is 4.79 Å². The summed E-state index contributed by atoms with van der Waals surface area (Å²) in [6.07, 6.45) is 0.890. The molecule has 0 saturated carbocycles. The first-order valence-electron chi connectivity index (χ1n) is 8.66. The van der Waals surface area contributed by atoms with Gasteiger partial charge in [-0.1, -0.05) is 30.3 Å². The lowest BCUT2D eigenvalue weighted by Gasteiger charge is -2.31. The number of carbonyl (C=O) groups is 1. The van der Waals surface area contributed by atoms with E-state index in [4.69, 9.17) is 4.74 Å². The molecule has 0 aliphatic carbocycles. The molecule has 0 bridgehead atoms. The third-order valence-electron chi connectivity index (χ3n) is 5.23. The second-order valence-corrected chi connectivity index (χ2v) is 6.77. The van der Waals surface area contributed by atoms with E-state index in [1.165, 1.54) is 0 Å². The normalized spacial score (nSPS) is 23.7. The summed E-state index contributed by atoms with van der Waals surface area (Å²) in [6.45, 7) is 2.73. The van der Waals surface area contributed by atoms with Crippen LogP contribution in [0.4, 0.5) is 0 Å². The molecule has 2 aliphatic heterocycles. The number of benzene rings is 1. The second-order valence-electron chi connectivity index (χ2n) is 6.77. The van der Waals surface area contributed by atoms with E-state index in [0.29, 0.717) is 13.1 Å². The van der Waals surface area contributed by atoms with E-state index >= 15 is 0 Å². The summed E-state index contributed by atoms with van der Waals surface area (Å²) in [5.41, 5.74) is 1.06. The summed E-state index contributed by atoms with van der Waals surface area (Å²) in [6, 6.07) is 9.95. The van der Waals surface area contributed by atoms with Gasteiger partial charge >= 0.3 is 0 Å². The Morgan fingerprint density at radius 2 is 2.00 bits per heavy atom. The molecular formula is C18H23N5O2. The third-order valence-corrected chi connectivity index (χ3v) is 5.23. The predicted molar refractivity (Wildman–Crippen MR) is 92.7 cm³/mol. The number of fused-ring (bicyclic) bond motifs is 1. The number of nitrogens with zero attached hydrogens (tertiary/aromatic N) is 5. The standard InChI is InChI=1S/C18H23N5O2/c1-21-11-14(25-2)10-15(21)18(24)22-8-9-23-16(12-22)19-20-17(23)13-6-4-3-5-7-13/h3-7,14-15H,8-12H2,1-2H3/t14-,15-/m0/s1. The molecule has 0 N–H and O–H groups in total. The molecule has 7 nitrogen and oxygen atoms in total. The highest BCUT2D eigenvalue weighted by atomic mass is 16.5. The van der Waals surface area contributed by atoms with Crippen molar-refractivity contribution in [3.05, 3.63) is 36.2 Å². The van der Waals surface area contributed by atoms with Gasteiger partial charge in [-0.05, 0) is 13.5 Å². The molecule has 3 heterocycles. The Morgan fingerprint density at radius 3 is 2.72 bits per heavy atom. The summed E-state index contributed by atoms with van der Waals surface area (Å²) in [7, 11) is 3.70. The van der Waals surface area contributed by atoms with Crippen LogP contribution in [0, 0.1) is 0 Å². The van der Waals surface area contributed by atoms with Gasteiger partial charge in [-0.2, -0.15) is 0 Å². The third kappa shape index (κ3) is 2.94. The minimum atomic E-state index is -0.104. The van der Waals surface area contributed by atoms with E-state index in [1.54, 1.807) is 7.11 Å². The molecule has 1 saturated heterocycles. The highest BCUT2D eigenvalue weighted by Gasteiger charge is 2.38. The molecule has 7 heteroatoms. The number of aromatic nitrogens is 3. The van der Waals surface area contributed by atoms with Gasteiger partial charge < -0.3 is 14.2 Å². The first-order chi connectivity index (χ1) is 12.2.